The van der Waals surface area contributed by atoms with E-state index in [0.29, 0.717) is 0 Å². The third-order valence-electron chi connectivity index (χ3n) is 2.82. The summed E-state index contributed by atoms with van der Waals surface area (Å²) < 4.78 is 0. The number of hydrogen-bond acceptors (Lipinski definition) is 2. The van der Waals surface area contributed by atoms with Crippen LogP contribution in [-0.4, -0.2) is 4.98 Å². The highest BCUT2D eigenvalue weighted by atomic mass is 16.1. The monoisotopic (exact) mass is 192 g/mol. The van der Waals surface area contributed by atoms with Crippen molar-refractivity contribution >= 4 is 0 Å². The van der Waals surface area contributed by atoms with Crippen molar-refractivity contribution in [2.75, 3.05) is 0 Å². The van der Waals surface area contributed by atoms with Gasteiger partial charge in [-0.3, -0.25) is 4.79 Å². The molecule has 0 saturated heterocycles. The molecular formula is C11H16N2O. The highest BCUT2D eigenvalue weighted by Crippen LogP contribution is 2.36. The fourth-order valence-electron chi connectivity index (χ4n) is 1.68. The fraction of sp³-hybridized carbons (Fsp3) is 0.545. The second-order valence-corrected chi connectivity index (χ2v) is 4.23. The average molecular weight is 192 g/mol. The molecule has 76 valence electrons. The molecule has 1 aliphatic rings. The molecule has 0 unspecified atom stereocenters. The zero-order valence-electron chi connectivity index (χ0n) is 8.42. The van der Waals surface area contributed by atoms with E-state index in [2.05, 4.69) is 4.98 Å². The molecule has 1 atom stereocenters. The molecule has 3 N–H and O–H groups in total. The number of hydrogen-bond donors (Lipinski definition) is 2. The quantitative estimate of drug-likeness (QED) is 0.762. The number of aromatic nitrogens is 1. The zero-order chi connectivity index (χ0) is 10.1. The van der Waals surface area contributed by atoms with Gasteiger partial charge in [-0.05, 0) is 30.9 Å². The van der Waals surface area contributed by atoms with Crippen LogP contribution in [0.25, 0.3) is 0 Å². The van der Waals surface area contributed by atoms with Crippen molar-refractivity contribution in [1.82, 2.24) is 4.98 Å². The lowest BCUT2D eigenvalue weighted by Gasteiger charge is -2.11. The van der Waals surface area contributed by atoms with Gasteiger partial charge in [-0.15, -0.1) is 0 Å². The summed E-state index contributed by atoms with van der Waals surface area (Å²) in [5.74, 6) is 0.817. The normalized spacial score (nSPS) is 18.1. The molecule has 3 nitrogen and oxygen atoms in total. The van der Waals surface area contributed by atoms with Gasteiger partial charge in [0.1, 0.15) is 0 Å². The fourth-order valence-corrected chi connectivity index (χ4v) is 1.68. The van der Waals surface area contributed by atoms with E-state index in [0.717, 1.165) is 23.5 Å². The SMILES string of the molecule is Cc1cc([C@@H](N)CC2CC2)c[nH]c1=O. The van der Waals surface area contributed by atoms with Gasteiger partial charge in [0.25, 0.3) is 5.56 Å². The van der Waals surface area contributed by atoms with E-state index in [-0.39, 0.29) is 11.6 Å². The predicted molar refractivity (Wildman–Crippen MR) is 56.1 cm³/mol. The van der Waals surface area contributed by atoms with Gasteiger partial charge in [-0.2, -0.15) is 0 Å². The van der Waals surface area contributed by atoms with Crippen molar-refractivity contribution in [2.45, 2.75) is 32.2 Å². The summed E-state index contributed by atoms with van der Waals surface area (Å²) in [6.07, 6.45) is 5.42. The molecule has 3 heteroatoms. The highest BCUT2D eigenvalue weighted by Gasteiger charge is 2.24. The van der Waals surface area contributed by atoms with Crippen molar-refractivity contribution in [3.63, 3.8) is 0 Å². The Morgan fingerprint density at radius 2 is 2.36 bits per heavy atom. The number of nitrogens with one attached hydrogen (secondary N) is 1. The first-order chi connectivity index (χ1) is 6.66. The lowest BCUT2D eigenvalue weighted by molar-refractivity contribution is 0.594. The van der Waals surface area contributed by atoms with Gasteiger partial charge in [0.15, 0.2) is 0 Å². The maximum atomic E-state index is 11.1. The predicted octanol–water partition coefficient (Wildman–Crippen LogP) is 1.48. The van der Waals surface area contributed by atoms with E-state index < -0.39 is 0 Å². The van der Waals surface area contributed by atoms with E-state index in [9.17, 15) is 4.79 Å². The van der Waals surface area contributed by atoms with Crippen molar-refractivity contribution in [1.29, 1.82) is 0 Å². The number of H-pyrrole nitrogens is 1. The Morgan fingerprint density at radius 3 is 2.93 bits per heavy atom. The molecule has 1 saturated carbocycles. The molecule has 1 aromatic rings. The minimum Gasteiger partial charge on any atom is -0.329 e. The summed E-state index contributed by atoms with van der Waals surface area (Å²) in [5, 5.41) is 0. The Bertz CT molecular complexity index is 379. The number of nitrogens with two attached hydrogens (primary N) is 1. The van der Waals surface area contributed by atoms with Crippen LogP contribution in [0.4, 0.5) is 0 Å². The lowest BCUT2D eigenvalue weighted by atomic mass is 10.0. The molecule has 1 aromatic heterocycles. The molecule has 0 aliphatic heterocycles. The lowest BCUT2D eigenvalue weighted by Crippen LogP contribution is -2.16. The van der Waals surface area contributed by atoms with Crippen LogP contribution in [0.1, 0.15) is 36.4 Å². The summed E-state index contributed by atoms with van der Waals surface area (Å²) in [5.41, 5.74) is 7.81. The van der Waals surface area contributed by atoms with E-state index >= 15 is 0 Å². The van der Waals surface area contributed by atoms with Crippen LogP contribution in [0.3, 0.4) is 0 Å². The highest BCUT2D eigenvalue weighted by molar-refractivity contribution is 5.20. The Hall–Kier alpha value is -1.09. The maximum absolute atomic E-state index is 11.1. The minimum absolute atomic E-state index is 0.0210. The minimum atomic E-state index is -0.0210. The molecule has 0 amide bonds. The van der Waals surface area contributed by atoms with E-state index in [1.54, 1.807) is 6.20 Å². The Morgan fingerprint density at radius 1 is 1.64 bits per heavy atom. The number of aryl methyl sites for hydroxylation is 1. The first-order valence-corrected chi connectivity index (χ1v) is 5.11. The largest absolute Gasteiger partial charge is 0.329 e. The van der Waals surface area contributed by atoms with Gasteiger partial charge in [0.2, 0.25) is 0 Å². The molecule has 1 heterocycles. The van der Waals surface area contributed by atoms with Crippen molar-refractivity contribution in [3.8, 4) is 0 Å². The second kappa shape index (κ2) is 3.58. The first kappa shape index (κ1) is 9.46. The second-order valence-electron chi connectivity index (χ2n) is 4.23. The third kappa shape index (κ3) is 2.04. The Balaban J connectivity index is 2.13. The van der Waals surface area contributed by atoms with Crippen LogP contribution >= 0.6 is 0 Å². The van der Waals surface area contributed by atoms with Gasteiger partial charge in [0, 0.05) is 17.8 Å². The summed E-state index contributed by atoms with van der Waals surface area (Å²) in [7, 11) is 0. The molecular weight excluding hydrogens is 176 g/mol. The van der Waals surface area contributed by atoms with Gasteiger partial charge >= 0.3 is 0 Å². The van der Waals surface area contributed by atoms with Crippen molar-refractivity contribution in [2.24, 2.45) is 11.7 Å². The van der Waals surface area contributed by atoms with Gasteiger partial charge < -0.3 is 10.7 Å². The van der Waals surface area contributed by atoms with Gasteiger partial charge in [0.05, 0.1) is 0 Å². The number of pyridine rings is 1. The van der Waals surface area contributed by atoms with Gasteiger partial charge in [-0.1, -0.05) is 12.8 Å². The van der Waals surface area contributed by atoms with E-state index in [1.165, 1.54) is 12.8 Å². The van der Waals surface area contributed by atoms with Crippen LogP contribution in [0.2, 0.25) is 0 Å². The molecule has 0 spiro atoms. The van der Waals surface area contributed by atoms with Crippen LogP contribution in [0.15, 0.2) is 17.1 Å². The Labute approximate surface area is 83.3 Å². The number of rotatable bonds is 3. The summed E-state index contributed by atoms with van der Waals surface area (Å²) >= 11 is 0. The van der Waals surface area contributed by atoms with Crippen LogP contribution in [0.5, 0.6) is 0 Å². The molecule has 0 radical (unpaired) electrons. The molecule has 2 rings (SSSR count). The standard InChI is InChI=1S/C11H16N2O/c1-7-4-9(6-13-11(7)14)10(12)5-8-2-3-8/h4,6,8,10H,2-3,5,12H2,1H3,(H,13,14)/t10-/m0/s1. The molecule has 0 bridgehead atoms. The van der Waals surface area contributed by atoms with E-state index in [4.69, 9.17) is 5.73 Å². The van der Waals surface area contributed by atoms with E-state index in [1.807, 2.05) is 13.0 Å². The zero-order valence-corrected chi connectivity index (χ0v) is 8.42. The summed E-state index contributed by atoms with van der Waals surface area (Å²) in [4.78, 5) is 13.8. The molecule has 14 heavy (non-hydrogen) atoms. The third-order valence-corrected chi connectivity index (χ3v) is 2.82. The maximum Gasteiger partial charge on any atom is 0.250 e. The first-order valence-electron chi connectivity index (χ1n) is 5.11. The topological polar surface area (TPSA) is 58.9 Å². The Kier molecular flexibility index (Phi) is 2.42. The molecule has 1 fully saturated rings. The molecule has 0 aromatic carbocycles. The number of aromatic amines is 1. The smallest absolute Gasteiger partial charge is 0.250 e. The summed E-state index contributed by atoms with van der Waals surface area (Å²) in [6.45, 7) is 1.81. The average Bonchev–Trinajstić information content (AvgIpc) is 2.93. The van der Waals surface area contributed by atoms with Crippen molar-refractivity contribution < 1.29 is 0 Å². The molecule has 1 aliphatic carbocycles. The van der Waals surface area contributed by atoms with Gasteiger partial charge in [-0.25, -0.2) is 0 Å². The van der Waals surface area contributed by atoms with Crippen molar-refractivity contribution in [3.05, 3.63) is 33.7 Å². The summed E-state index contributed by atoms with van der Waals surface area (Å²) in [6, 6.07) is 1.98. The van der Waals surface area contributed by atoms with Crippen LogP contribution in [-0.2, 0) is 0 Å². The van der Waals surface area contributed by atoms with Crippen LogP contribution in [0, 0.1) is 12.8 Å². The van der Waals surface area contributed by atoms with Crippen LogP contribution < -0.4 is 11.3 Å².